The molecule has 1 aromatic rings. The maximum atomic E-state index is 5.62. The molecule has 4 nitrogen and oxygen atoms in total. The second-order valence-corrected chi connectivity index (χ2v) is 6.05. The molecular formula is C17H31N3O. The van der Waals surface area contributed by atoms with Gasteiger partial charge in [0.2, 0.25) is 0 Å². The molecular weight excluding hydrogens is 262 g/mol. The predicted octanol–water partition coefficient (Wildman–Crippen LogP) is 3.88. The van der Waals surface area contributed by atoms with Crippen molar-refractivity contribution in [3.63, 3.8) is 0 Å². The molecule has 4 heteroatoms. The molecule has 1 heterocycles. The number of nitrogens with zero attached hydrogens (tertiary/aromatic N) is 2. The Morgan fingerprint density at radius 3 is 2.62 bits per heavy atom. The molecule has 120 valence electrons. The van der Waals surface area contributed by atoms with Crippen LogP contribution in [0.3, 0.4) is 0 Å². The van der Waals surface area contributed by atoms with E-state index >= 15 is 0 Å². The van der Waals surface area contributed by atoms with Crippen molar-refractivity contribution in [1.82, 2.24) is 15.3 Å². The standard InChI is InChI=1S/C17H31N3O/c1-5-6-7-8-9-10-21-17-19-13-16(15(4)20-17)12-18-11-14(2)3/h13-14,18H,5-12H2,1-4H3. The number of rotatable bonds is 11. The van der Waals surface area contributed by atoms with Crippen LogP contribution in [0.5, 0.6) is 6.01 Å². The summed E-state index contributed by atoms with van der Waals surface area (Å²) in [6.45, 7) is 11.2. The van der Waals surface area contributed by atoms with Crippen LogP contribution in [0.25, 0.3) is 0 Å². The Morgan fingerprint density at radius 1 is 1.19 bits per heavy atom. The maximum absolute atomic E-state index is 5.62. The number of aromatic nitrogens is 2. The fourth-order valence-electron chi connectivity index (χ4n) is 2.08. The zero-order valence-corrected chi connectivity index (χ0v) is 14.1. The summed E-state index contributed by atoms with van der Waals surface area (Å²) < 4.78 is 5.62. The molecule has 0 bridgehead atoms. The Labute approximate surface area is 129 Å². The molecule has 1 N–H and O–H groups in total. The number of ether oxygens (including phenoxy) is 1. The number of nitrogens with one attached hydrogen (secondary N) is 1. The van der Waals surface area contributed by atoms with E-state index < -0.39 is 0 Å². The lowest BCUT2D eigenvalue weighted by molar-refractivity contribution is 0.280. The van der Waals surface area contributed by atoms with E-state index in [1.807, 2.05) is 13.1 Å². The molecule has 0 saturated heterocycles. The van der Waals surface area contributed by atoms with Crippen LogP contribution in [-0.2, 0) is 6.54 Å². The Morgan fingerprint density at radius 2 is 1.95 bits per heavy atom. The first kappa shape index (κ1) is 17.9. The van der Waals surface area contributed by atoms with Gasteiger partial charge in [0.1, 0.15) is 0 Å². The normalized spacial score (nSPS) is 11.1. The molecule has 0 aromatic carbocycles. The predicted molar refractivity (Wildman–Crippen MR) is 87.6 cm³/mol. The summed E-state index contributed by atoms with van der Waals surface area (Å²) in [4.78, 5) is 8.73. The van der Waals surface area contributed by atoms with Crippen molar-refractivity contribution in [2.75, 3.05) is 13.2 Å². The van der Waals surface area contributed by atoms with Crippen LogP contribution in [0.15, 0.2) is 6.20 Å². The Hall–Kier alpha value is -1.16. The van der Waals surface area contributed by atoms with Gasteiger partial charge in [0.05, 0.1) is 6.61 Å². The summed E-state index contributed by atoms with van der Waals surface area (Å²) in [5.41, 5.74) is 2.15. The summed E-state index contributed by atoms with van der Waals surface area (Å²) in [7, 11) is 0. The van der Waals surface area contributed by atoms with Gasteiger partial charge >= 0.3 is 6.01 Å². The van der Waals surface area contributed by atoms with Crippen LogP contribution in [-0.4, -0.2) is 23.1 Å². The van der Waals surface area contributed by atoms with E-state index in [1.54, 1.807) is 0 Å². The summed E-state index contributed by atoms with van der Waals surface area (Å²) in [5, 5.41) is 3.41. The van der Waals surface area contributed by atoms with Gasteiger partial charge in [0, 0.05) is 24.0 Å². The van der Waals surface area contributed by atoms with Gasteiger partial charge in [-0.05, 0) is 25.8 Å². The SMILES string of the molecule is CCCCCCCOc1ncc(CNCC(C)C)c(C)n1. The Kier molecular flexibility index (Phi) is 8.99. The lowest BCUT2D eigenvalue weighted by atomic mass is 10.2. The quantitative estimate of drug-likeness (QED) is 0.629. The third-order valence-corrected chi connectivity index (χ3v) is 3.41. The summed E-state index contributed by atoms with van der Waals surface area (Å²) in [5.74, 6) is 0.654. The van der Waals surface area contributed by atoms with Gasteiger partial charge < -0.3 is 10.1 Å². The third-order valence-electron chi connectivity index (χ3n) is 3.41. The molecule has 0 fully saturated rings. The Balaban J connectivity index is 2.29. The fourth-order valence-corrected chi connectivity index (χ4v) is 2.08. The number of aryl methyl sites for hydroxylation is 1. The lowest BCUT2D eigenvalue weighted by Crippen LogP contribution is -2.20. The first-order chi connectivity index (χ1) is 10.1. The molecule has 1 aromatic heterocycles. The van der Waals surface area contributed by atoms with E-state index in [-0.39, 0.29) is 0 Å². The van der Waals surface area contributed by atoms with Gasteiger partial charge in [-0.1, -0.05) is 46.5 Å². The second kappa shape index (κ2) is 10.6. The van der Waals surface area contributed by atoms with Gasteiger partial charge in [-0.2, -0.15) is 0 Å². The van der Waals surface area contributed by atoms with E-state index in [2.05, 4.69) is 36.1 Å². The minimum Gasteiger partial charge on any atom is -0.463 e. The van der Waals surface area contributed by atoms with Gasteiger partial charge in [-0.3, -0.25) is 0 Å². The van der Waals surface area contributed by atoms with Crippen molar-refractivity contribution in [3.8, 4) is 6.01 Å². The monoisotopic (exact) mass is 293 g/mol. The molecule has 0 aliphatic rings. The summed E-state index contributed by atoms with van der Waals surface area (Å²) in [6.07, 6.45) is 8.07. The number of hydrogen-bond acceptors (Lipinski definition) is 4. The summed E-state index contributed by atoms with van der Waals surface area (Å²) >= 11 is 0. The average Bonchev–Trinajstić information content (AvgIpc) is 2.44. The number of unbranched alkanes of at least 4 members (excludes halogenated alkanes) is 4. The zero-order valence-electron chi connectivity index (χ0n) is 14.1. The minimum absolute atomic E-state index is 0.510. The van der Waals surface area contributed by atoms with Gasteiger partial charge in [0.15, 0.2) is 0 Å². The van der Waals surface area contributed by atoms with Gasteiger partial charge in [-0.15, -0.1) is 0 Å². The molecule has 0 radical (unpaired) electrons. The van der Waals surface area contributed by atoms with Gasteiger partial charge in [-0.25, -0.2) is 9.97 Å². The molecule has 0 amide bonds. The van der Waals surface area contributed by atoms with E-state index in [0.717, 1.165) is 30.8 Å². The van der Waals surface area contributed by atoms with Crippen molar-refractivity contribution < 1.29 is 4.74 Å². The van der Waals surface area contributed by atoms with Crippen molar-refractivity contribution in [2.24, 2.45) is 5.92 Å². The van der Waals surface area contributed by atoms with Crippen LogP contribution in [0, 0.1) is 12.8 Å². The first-order valence-corrected chi connectivity index (χ1v) is 8.29. The highest BCUT2D eigenvalue weighted by molar-refractivity contribution is 5.17. The molecule has 0 aliphatic heterocycles. The molecule has 0 saturated carbocycles. The molecule has 0 atom stereocenters. The van der Waals surface area contributed by atoms with Crippen LogP contribution in [0.4, 0.5) is 0 Å². The van der Waals surface area contributed by atoms with Crippen molar-refractivity contribution >= 4 is 0 Å². The Bertz CT molecular complexity index is 394. The molecule has 1 rings (SSSR count). The smallest absolute Gasteiger partial charge is 0.316 e. The largest absolute Gasteiger partial charge is 0.463 e. The average molecular weight is 293 g/mol. The fraction of sp³-hybridized carbons (Fsp3) is 0.765. The van der Waals surface area contributed by atoms with Crippen LogP contribution >= 0.6 is 0 Å². The van der Waals surface area contributed by atoms with Crippen molar-refractivity contribution in [1.29, 1.82) is 0 Å². The van der Waals surface area contributed by atoms with Gasteiger partial charge in [0.25, 0.3) is 0 Å². The van der Waals surface area contributed by atoms with Crippen molar-refractivity contribution in [3.05, 3.63) is 17.5 Å². The molecule has 0 unspecified atom stereocenters. The van der Waals surface area contributed by atoms with Crippen molar-refractivity contribution in [2.45, 2.75) is 66.3 Å². The van der Waals surface area contributed by atoms with Crippen LogP contribution in [0.1, 0.15) is 64.1 Å². The minimum atomic E-state index is 0.510. The lowest BCUT2D eigenvalue weighted by Gasteiger charge is -2.10. The topological polar surface area (TPSA) is 47.0 Å². The second-order valence-electron chi connectivity index (χ2n) is 6.05. The van der Waals surface area contributed by atoms with E-state index in [1.165, 1.54) is 25.7 Å². The molecule has 21 heavy (non-hydrogen) atoms. The van der Waals surface area contributed by atoms with Crippen LogP contribution in [0.2, 0.25) is 0 Å². The maximum Gasteiger partial charge on any atom is 0.316 e. The number of hydrogen-bond donors (Lipinski definition) is 1. The van der Waals surface area contributed by atoms with E-state index in [4.69, 9.17) is 4.74 Å². The zero-order chi connectivity index (χ0) is 15.5. The first-order valence-electron chi connectivity index (χ1n) is 8.29. The molecule has 0 aliphatic carbocycles. The van der Waals surface area contributed by atoms with Crippen LogP contribution < -0.4 is 10.1 Å². The van der Waals surface area contributed by atoms with E-state index in [0.29, 0.717) is 18.5 Å². The highest BCUT2D eigenvalue weighted by Crippen LogP contribution is 2.10. The van der Waals surface area contributed by atoms with E-state index in [9.17, 15) is 0 Å². The summed E-state index contributed by atoms with van der Waals surface area (Å²) in [6, 6.07) is 0.510. The highest BCUT2D eigenvalue weighted by Gasteiger charge is 2.04. The highest BCUT2D eigenvalue weighted by atomic mass is 16.5. The molecule has 0 spiro atoms. The third kappa shape index (κ3) is 8.00.